The van der Waals surface area contributed by atoms with Crippen molar-refractivity contribution in [3.8, 4) is 0 Å². The van der Waals surface area contributed by atoms with Gasteiger partial charge in [0, 0.05) is 31.4 Å². The molecule has 1 heterocycles. The summed E-state index contributed by atoms with van der Waals surface area (Å²) in [7, 11) is 0. The highest BCUT2D eigenvalue weighted by molar-refractivity contribution is 6.33. The van der Waals surface area contributed by atoms with Crippen molar-refractivity contribution < 1.29 is 9.90 Å². The maximum Gasteiger partial charge on any atom is 0.248 e. The number of halogens is 1. The van der Waals surface area contributed by atoms with Gasteiger partial charge >= 0.3 is 0 Å². The quantitative estimate of drug-likeness (QED) is 0.812. The molecule has 1 aromatic rings. The molecule has 3 N–H and O–H groups in total. The van der Waals surface area contributed by atoms with Gasteiger partial charge in [0.2, 0.25) is 5.91 Å². The maximum absolute atomic E-state index is 11.7. The first kappa shape index (κ1) is 16.9. The summed E-state index contributed by atoms with van der Waals surface area (Å²) in [5, 5.41) is 9.56. The smallest absolute Gasteiger partial charge is 0.248 e. The number of nitrogen functional groups attached to an aromatic ring is 1. The Kier molecular flexibility index (Phi) is 5.53. The van der Waals surface area contributed by atoms with Gasteiger partial charge in [0.15, 0.2) is 0 Å². The summed E-state index contributed by atoms with van der Waals surface area (Å²) < 4.78 is 0. The van der Waals surface area contributed by atoms with Crippen LogP contribution in [0.4, 0.5) is 11.4 Å². The van der Waals surface area contributed by atoms with E-state index in [2.05, 4.69) is 18.7 Å². The Morgan fingerprint density at radius 2 is 2.27 bits per heavy atom. The SMILES string of the molecule is CC(C)CN(c1ccc(N)c(Cl)c1)C1CCN(C(=O)CO)C1. The van der Waals surface area contributed by atoms with Crippen LogP contribution in [0.1, 0.15) is 20.3 Å². The van der Waals surface area contributed by atoms with Gasteiger partial charge in [-0.15, -0.1) is 0 Å². The van der Waals surface area contributed by atoms with Crippen LogP contribution in [-0.4, -0.2) is 48.2 Å². The van der Waals surface area contributed by atoms with Crippen molar-refractivity contribution in [3.05, 3.63) is 23.2 Å². The number of hydrogen-bond acceptors (Lipinski definition) is 4. The summed E-state index contributed by atoms with van der Waals surface area (Å²) >= 11 is 6.15. The van der Waals surface area contributed by atoms with Crippen LogP contribution in [-0.2, 0) is 4.79 Å². The van der Waals surface area contributed by atoms with Crippen molar-refractivity contribution in [1.29, 1.82) is 0 Å². The van der Waals surface area contributed by atoms with E-state index in [1.165, 1.54) is 0 Å². The first-order chi connectivity index (χ1) is 10.4. The van der Waals surface area contributed by atoms with Crippen LogP contribution in [0.25, 0.3) is 0 Å². The highest BCUT2D eigenvalue weighted by Gasteiger charge is 2.30. The van der Waals surface area contributed by atoms with Crippen LogP contribution in [0.15, 0.2) is 18.2 Å². The van der Waals surface area contributed by atoms with E-state index in [1.54, 1.807) is 4.90 Å². The van der Waals surface area contributed by atoms with Crippen LogP contribution in [0.2, 0.25) is 5.02 Å². The van der Waals surface area contributed by atoms with Gasteiger partial charge in [-0.05, 0) is 30.5 Å². The number of anilines is 2. The van der Waals surface area contributed by atoms with Gasteiger partial charge in [0.1, 0.15) is 6.61 Å². The molecular formula is C16H24ClN3O2. The largest absolute Gasteiger partial charge is 0.398 e. The molecule has 22 heavy (non-hydrogen) atoms. The molecular weight excluding hydrogens is 302 g/mol. The number of likely N-dealkylation sites (tertiary alicyclic amines) is 1. The fraction of sp³-hybridized carbons (Fsp3) is 0.562. The van der Waals surface area contributed by atoms with Crippen LogP contribution < -0.4 is 10.6 Å². The van der Waals surface area contributed by atoms with Gasteiger partial charge < -0.3 is 20.6 Å². The van der Waals surface area contributed by atoms with Crippen molar-refractivity contribution in [1.82, 2.24) is 4.90 Å². The van der Waals surface area contributed by atoms with E-state index >= 15 is 0 Å². The summed E-state index contributed by atoms with van der Waals surface area (Å²) in [6, 6.07) is 5.91. The molecule has 122 valence electrons. The number of benzene rings is 1. The summed E-state index contributed by atoms with van der Waals surface area (Å²) in [6.07, 6.45) is 0.889. The fourth-order valence-corrected chi connectivity index (χ4v) is 3.05. The number of aliphatic hydroxyl groups is 1. The number of rotatable bonds is 5. The molecule has 1 aliphatic rings. The van der Waals surface area contributed by atoms with Gasteiger partial charge in [0.05, 0.1) is 10.7 Å². The number of amides is 1. The molecule has 1 saturated heterocycles. The first-order valence-corrected chi connectivity index (χ1v) is 8.00. The van der Waals surface area contributed by atoms with E-state index in [9.17, 15) is 4.79 Å². The van der Waals surface area contributed by atoms with Crippen LogP contribution in [0.3, 0.4) is 0 Å². The van der Waals surface area contributed by atoms with Gasteiger partial charge in [-0.25, -0.2) is 0 Å². The van der Waals surface area contributed by atoms with E-state index in [4.69, 9.17) is 22.4 Å². The van der Waals surface area contributed by atoms with Crippen molar-refractivity contribution in [2.75, 3.05) is 36.9 Å². The minimum Gasteiger partial charge on any atom is -0.398 e. The molecule has 0 spiro atoms. The predicted octanol–water partition coefficient (Wildman–Crippen LogP) is 1.98. The molecule has 5 nitrogen and oxygen atoms in total. The average molecular weight is 326 g/mol. The first-order valence-electron chi connectivity index (χ1n) is 7.62. The van der Waals surface area contributed by atoms with E-state index in [-0.39, 0.29) is 11.9 Å². The topological polar surface area (TPSA) is 69.8 Å². The standard InChI is InChI=1S/C16H24ClN3O2/c1-11(2)8-20(12-3-4-15(18)14(17)7-12)13-5-6-19(9-13)16(22)10-21/h3-4,7,11,13,21H,5-6,8-10,18H2,1-2H3. The summed E-state index contributed by atoms with van der Waals surface area (Å²) in [5.41, 5.74) is 7.38. The lowest BCUT2D eigenvalue weighted by atomic mass is 10.1. The second kappa shape index (κ2) is 7.20. The van der Waals surface area contributed by atoms with Crippen LogP contribution in [0, 0.1) is 5.92 Å². The lowest BCUT2D eigenvalue weighted by Crippen LogP contribution is -2.41. The third-order valence-corrected chi connectivity index (χ3v) is 4.30. The lowest BCUT2D eigenvalue weighted by Gasteiger charge is -2.33. The van der Waals surface area contributed by atoms with Crippen molar-refractivity contribution in [2.45, 2.75) is 26.3 Å². The number of aliphatic hydroxyl groups excluding tert-OH is 1. The number of carbonyl (C=O) groups is 1. The van der Waals surface area contributed by atoms with Gasteiger partial charge in [-0.2, -0.15) is 0 Å². The molecule has 1 aromatic carbocycles. The molecule has 0 radical (unpaired) electrons. The molecule has 1 aliphatic heterocycles. The average Bonchev–Trinajstić information content (AvgIpc) is 2.96. The third-order valence-electron chi connectivity index (χ3n) is 3.97. The molecule has 2 rings (SSSR count). The van der Waals surface area contributed by atoms with Crippen LogP contribution >= 0.6 is 11.6 Å². The molecule has 0 bridgehead atoms. The second-order valence-corrected chi connectivity index (χ2v) is 6.60. The molecule has 0 aliphatic carbocycles. The number of carbonyl (C=O) groups excluding carboxylic acids is 1. The third kappa shape index (κ3) is 3.84. The predicted molar refractivity (Wildman–Crippen MR) is 90.1 cm³/mol. The highest BCUT2D eigenvalue weighted by atomic mass is 35.5. The number of nitrogens with zero attached hydrogens (tertiary/aromatic N) is 2. The zero-order valence-corrected chi connectivity index (χ0v) is 13.9. The maximum atomic E-state index is 11.7. The minimum atomic E-state index is -0.426. The lowest BCUT2D eigenvalue weighted by molar-refractivity contribution is -0.133. The molecule has 0 aromatic heterocycles. The number of hydrogen-bond donors (Lipinski definition) is 2. The zero-order valence-electron chi connectivity index (χ0n) is 13.1. The minimum absolute atomic E-state index is 0.206. The fourth-order valence-electron chi connectivity index (χ4n) is 2.88. The molecule has 1 amide bonds. The molecule has 1 unspecified atom stereocenters. The Morgan fingerprint density at radius 1 is 1.55 bits per heavy atom. The Bertz CT molecular complexity index is 536. The number of nitrogens with two attached hydrogens (primary N) is 1. The van der Waals surface area contributed by atoms with E-state index in [1.807, 2.05) is 18.2 Å². The molecule has 0 saturated carbocycles. The van der Waals surface area contributed by atoms with Crippen LogP contribution in [0.5, 0.6) is 0 Å². The molecule has 6 heteroatoms. The van der Waals surface area contributed by atoms with Gasteiger partial charge in [-0.3, -0.25) is 4.79 Å². The summed E-state index contributed by atoms with van der Waals surface area (Å²) in [5.74, 6) is 0.279. The van der Waals surface area contributed by atoms with E-state index < -0.39 is 6.61 Å². The Labute approximate surface area is 136 Å². The summed E-state index contributed by atoms with van der Waals surface area (Å²) in [6.45, 7) is 6.10. The Balaban J connectivity index is 2.19. The van der Waals surface area contributed by atoms with Crippen molar-refractivity contribution in [3.63, 3.8) is 0 Å². The Hall–Kier alpha value is -1.46. The van der Waals surface area contributed by atoms with E-state index in [0.29, 0.717) is 29.7 Å². The van der Waals surface area contributed by atoms with E-state index in [0.717, 1.165) is 18.7 Å². The summed E-state index contributed by atoms with van der Waals surface area (Å²) in [4.78, 5) is 15.7. The highest BCUT2D eigenvalue weighted by Crippen LogP contribution is 2.29. The monoisotopic (exact) mass is 325 g/mol. The molecule has 1 fully saturated rings. The zero-order chi connectivity index (χ0) is 16.3. The van der Waals surface area contributed by atoms with Crippen molar-refractivity contribution in [2.24, 2.45) is 5.92 Å². The van der Waals surface area contributed by atoms with Crippen molar-refractivity contribution >= 4 is 28.9 Å². The molecule has 1 atom stereocenters. The second-order valence-electron chi connectivity index (χ2n) is 6.19. The Morgan fingerprint density at radius 3 is 2.86 bits per heavy atom. The van der Waals surface area contributed by atoms with Gasteiger partial charge in [0.25, 0.3) is 0 Å². The van der Waals surface area contributed by atoms with Gasteiger partial charge in [-0.1, -0.05) is 25.4 Å². The normalized spacial score (nSPS) is 18.0.